The molecule has 20 heavy (non-hydrogen) atoms. The minimum absolute atomic E-state index is 0.247. The van der Waals surface area contributed by atoms with Crippen molar-refractivity contribution >= 4 is 5.91 Å². The van der Waals surface area contributed by atoms with Crippen molar-refractivity contribution in [3.63, 3.8) is 0 Å². The molecule has 4 rings (SSSR count). The summed E-state index contributed by atoms with van der Waals surface area (Å²) in [6, 6.07) is 6.78. The Morgan fingerprint density at radius 3 is 3.10 bits per heavy atom. The van der Waals surface area contributed by atoms with Gasteiger partial charge in [0.25, 0.3) is 5.91 Å². The second-order valence-electron chi connectivity index (χ2n) is 6.10. The third-order valence-electron chi connectivity index (χ3n) is 4.97. The number of amides is 1. The highest BCUT2D eigenvalue weighted by molar-refractivity contribution is 5.96. The summed E-state index contributed by atoms with van der Waals surface area (Å²) < 4.78 is 0. The normalized spacial score (nSPS) is 24.8. The molecular weight excluding hydrogens is 248 g/mol. The van der Waals surface area contributed by atoms with Crippen LogP contribution in [0.25, 0.3) is 0 Å². The van der Waals surface area contributed by atoms with Crippen molar-refractivity contribution in [2.24, 2.45) is 0 Å². The summed E-state index contributed by atoms with van der Waals surface area (Å²) in [4.78, 5) is 14.9. The molecule has 3 heterocycles. The molecule has 0 saturated heterocycles. The van der Waals surface area contributed by atoms with Crippen LogP contribution in [0.4, 0.5) is 0 Å². The summed E-state index contributed by atoms with van der Waals surface area (Å²) >= 11 is 0. The van der Waals surface area contributed by atoms with Gasteiger partial charge in [0.15, 0.2) is 0 Å². The first-order valence-electron chi connectivity index (χ1n) is 7.61. The van der Waals surface area contributed by atoms with Gasteiger partial charge in [0.2, 0.25) is 0 Å². The lowest BCUT2D eigenvalue weighted by molar-refractivity contribution is -0.131. The first-order valence-corrected chi connectivity index (χ1v) is 7.61. The van der Waals surface area contributed by atoms with E-state index in [0.29, 0.717) is 0 Å². The Balaban J connectivity index is 1.81. The van der Waals surface area contributed by atoms with Gasteiger partial charge in [0.1, 0.15) is 0 Å². The lowest BCUT2D eigenvalue weighted by Crippen LogP contribution is -2.47. The minimum atomic E-state index is 0.247. The van der Waals surface area contributed by atoms with E-state index >= 15 is 0 Å². The largest absolute Gasteiger partial charge is 0.388 e. The summed E-state index contributed by atoms with van der Waals surface area (Å²) in [6.07, 6.45) is 4.00. The topological polar surface area (TPSA) is 32.3 Å². The highest BCUT2D eigenvalue weighted by Crippen LogP contribution is 2.41. The van der Waals surface area contributed by atoms with Gasteiger partial charge in [-0.1, -0.05) is 18.2 Å². The number of nitrogens with zero attached hydrogens (tertiary/aromatic N) is 1. The van der Waals surface area contributed by atoms with Gasteiger partial charge in [-0.25, -0.2) is 0 Å². The smallest absolute Gasteiger partial charge is 0.252 e. The molecule has 0 aromatic heterocycles. The molecule has 1 unspecified atom stereocenters. The van der Waals surface area contributed by atoms with Gasteiger partial charge in [0, 0.05) is 30.8 Å². The van der Waals surface area contributed by atoms with Crippen LogP contribution in [0.1, 0.15) is 42.0 Å². The van der Waals surface area contributed by atoms with Gasteiger partial charge in [0.05, 0.1) is 6.04 Å². The minimum Gasteiger partial charge on any atom is -0.388 e. The van der Waals surface area contributed by atoms with E-state index in [0.717, 1.165) is 44.3 Å². The molecule has 1 aromatic rings. The second-order valence-corrected chi connectivity index (χ2v) is 6.10. The number of hydrogen-bond donors (Lipinski definition) is 1. The van der Waals surface area contributed by atoms with Crippen LogP contribution in [0.15, 0.2) is 29.5 Å². The zero-order valence-corrected chi connectivity index (χ0v) is 11.9. The second kappa shape index (κ2) is 4.37. The highest BCUT2D eigenvalue weighted by atomic mass is 16.2. The van der Waals surface area contributed by atoms with Crippen LogP contribution >= 0.6 is 0 Å². The number of aryl methyl sites for hydroxylation is 1. The average Bonchev–Trinajstić information content (AvgIpc) is 2.47. The van der Waals surface area contributed by atoms with Crippen LogP contribution in [0.3, 0.4) is 0 Å². The average molecular weight is 268 g/mol. The van der Waals surface area contributed by atoms with Crippen molar-refractivity contribution < 1.29 is 4.79 Å². The molecule has 0 fully saturated rings. The van der Waals surface area contributed by atoms with E-state index in [2.05, 4.69) is 35.3 Å². The standard InChI is InChI=1S/C17H20N2O/c1-11-4-2-5-12-7-9-19-15(16(11)12)10-14-13(17(19)20)6-3-8-18-14/h2,4-5,15,18H,3,6-10H2,1H3. The van der Waals surface area contributed by atoms with Gasteiger partial charge in [-0.05, 0) is 42.9 Å². The SMILES string of the molecule is Cc1cccc2c1C1CC3=C(CCCN3)C(=O)N1CC2. The number of nitrogens with one attached hydrogen (secondary N) is 1. The third-order valence-corrected chi connectivity index (χ3v) is 4.97. The number of benzene rings is 1. The Morgan fingerprint density at radius 1 is 1.30 bits per heavy atom. The zero-order valence-electron chi connectivity index (χ0n) is 11.9. The summed E-state index contributed by atoms with van der Waals surface area (Å²) in [7, 11) is 0. The maximum atomic E-state index is 12.7. The van der Waals surface area contributed by atoms with Crippen LogP contribution in [-0.4, -0.2) is 23.9 Å². The number of rotatable bonds is 0. The lowest BCUT2D eigenvalue weighted by atomic mass is 9.82. The molecule has 0 spiro atoms. The Hall–Kier alpha value is -1.77. The van der Waals surface area contributed by atoms with E-state index < -0.39 is 0 Å². The quantitative estimate of drug-likeness (QED) is 0.784. The number of carbonyl (C=O) groups is 1. The molecule has 1 atom stereocenters. The lowest BCUT2D eigenvalue weighted by Gasteiger charge is -2.44. The van der Waals surface area contributed by atoms with Crippen molar-refractivity contribution in [1.82, 2.24) is 10.2 Å². The van der Waals surface area contributed by atoms with Gasteiger partial charge >= 0.3 is 0 Å². The van der Waals surface area contributed by atoms with E-state index in [1.807, 2.05) is 0 Å². The fraction of sp³-hybridized carbons (Fsp3) is 0.471. The molecule has 3 aliphatic heterocycles. The zero-order chi connectivity index (χ0) is 13.7. The maximum Gasteiger partial charge on any atom is 0.252 e. The van der Waals surface area contributed by atoms with Crippen molar-refractivity contribution in [2.45, 2.75) is 38.6 Å². The van der Waals surface area contributed by atoms with E-state index in [-0.39, 0.29) is 11.9 Å². The molecule has 3 nitrogen and oxygen atoms in total. The molecular formula is C17H20N2O. The van der Waals surface area contributed by atoms with Crippen LogP contribution in [0.2, 0.25) is 0 Å². The molecule has 3 heteroatoms. The molecule has 0 aliphatic carbocycles. The summed E-state index contributed by atoms with van der Waals surface area (Å²) in [6.45, 7) is 4.06. The molecule has 0 radical (unpaired) electrons. The fourth-order valence-corrected chi connectivity index (χ4v) is 4.00. The van der Waals surface area contributed by atoms with Crippen LogP contribution in [0.5, 0.6) is 0 Å². The number of hydrogen-bond acceptors (Lipinski definition) is 2. The summed E-state index contributed by atoms with van der Waals surface area (Å²) in [5.41, 5.74) is 6.40. The summed E-state index contributed by atoms with van der Waals surface area (Å²) in [5, 5.41) is 3.47. The molecule has 0 bridgehead atoms. The number of fused-ring (bicyclic) bond motifs is 3. The molecule has 1 N–H and O–H groups in total. The Morgan fingerprint density at radius 2 is 2.20 bits per heavy atom. The van der Waals surface area contributed by atoms with E-state index in [4.69, 9.17) is 0 Å². The Bertz CT molecular complexity index is 617. The van der Waals surface area contributed by atoms with E-state index in [9.17, 15) is 4.79 Å². The molecule has 0 saturated carbocycles. The first-order chi connectivity index (χ1) is 9.75. The predicted molar refractivity (Wildman–Crippen MR) is 78.2 cm³/mol. The first kappa shape index (κ1) is 12.0. The third kappa shape index (κ3) is 1.62. The van der Waals surface area contributed by atoms with Crippen molar-refractivity contribution in [1.29, 1.82) is 0 Å². The molecule has 104 valence electrons. The van der Waals surface area contributed by atoms with Crippen LogP contribution in [0, 0.1) is 6.92 Å². The van der Waals surface area contributed by atoms with Gasteiger partial charge < -0.3 is 10.2 Å². The van der Waals surface area contributed by atoms with Crippen molar-refractivity contribution in [3.05, 3.63) is 46.2 Å². The van der Waals surface area contributed by atoms with Crippen molar-refractivity contribution in [2.75, 3.05) is 13.1 Å². The fourth-order valence-electron chi connectivity index (χ4n) is 4.00. The van der Waals surface area contributed by atoms with Crippen molar-refractivity contribution in [3.8, 4) is 0 Å². The highest BCUT2D eigenvalue weighted by Gasteiger charge is 2.39. The van der Waals surface area contributed by atoms with Crippen LogP contribution in [-0.2, 0) is 11.2 Å². The monoisotopic (exact) mass is 268 g/mol. The van der Waals surface area contributed by atoms with Gasteiger partial charge in [-0.15, -0.1) is 0 Å². The maximum absolute atomic E-state index is 12.7. The summed E-state index contributed by atoms with van der Waals surface area (Å²) in [5.74, 6) is 0.275. The molecule has 3 aliphatic rings. The Kier molecular flexibility index (Phi) is 2.62. The van der Waals surface area contributed by atoms with Gasteiger partial charge in [-0.3, -0.25) is 4.79 Å². The Labute approximate surface area is 119 Å². The molecule has 1 amide bonds. The number of carbonyl (C=O) groups excluding carboxylic acids is 1. The van der Waals surface area contributed by atoms with E-state index in [1.54, 1.807) is 0 Å². The van der Waals surface area contributed by atoms with E-state index in [1.165, 1.54) is 22.4 Å². The predicted octanol–water partition coefficient (Wildman–Crippen LogP) is 2.46. The molecule has 1 aromatic carbocycles. The van der Waals surface area contributed by atoms with Gasteiger partial charge in [-0.2, -0.15) is 0 Å². The van der Waals surface area contributed by atoms with Crippen LogP contribution < -0.4 is 5.32 Å².